The van der Waals surface area contributed by atoms with Gasteiger partial charge >= 0.3 is 14.8 Å². The van der Waals surface area contributed by atoms with Gasteiger partial charge in [-0.25, -0.2) is 8.78 Å². The van der Waals surface area contributed by atoms with E-state index in [2.05, 4.69) is 0 Å². The Bertz CT molecular complexity index is 674. The highest BCUT2D eigenvalue weighted by Crippen LogP contribution is 2.59. The predicted molar refractivity (Wildman–Crippen MR) is 95.6 cm³/mol. The lowest BCUT2D eigenvalue weighted by atomic mass is 9.86. The molecule has 150 valence electrons. The van der Waals surface area contributed by atoms with E-state index in [0.29, 0.717) is 23.8 Å². The first-order chi connectivity index (χ1) is 12.9. The fourth-order valence-electron chi connectivity index (χ4n) is 4.85. The van der Waals surface area contributed by atoms with Crippen LogP contribution < -0.4 is 0 Å². The summed E-state index contributed by atoms with van der Waals surface area (Å²) in [5.41, 5.74) is 0.711. The molecule has 1 aromatic carbocycles. The van der Waals surface area contributed by atoms with Crippen LogP contribution in [0.2, 0.25) is 5.54 Å². The second-order valence-electron chi connectivity index (χ2n) is 7.42. The van der Waals surface area contributed by atoms with Crippen molar-refractivity contribution in [3.8, 4) is 0 Å². The van der Waals surface area contributed by atoms with Gasteiger partial charge in [-0.2, -0.15) is 0 Å². The van der Waals surface area contributed by atoms with Crippen molar-refractivity contribution in [2.75, 3.05) is 21.3 Å². The van der Waals surface area contributed by atoms with Crippen LogP contribution in [-0.4, -0.2) is 36.1 Å². The molecular formula is C19H26F2O5Si. The molecule has 2 bridgehead atoms. The molecule has 2 aliphatic rings. The molecule has 0 heterocycles. The molecule has 0 N–H and O–H groups in total. The van der Waals surface area contributed by atoms with Gasteiger partial charge in [-0.1, -0.05) is 6.07 Å². The van der Waals surface area contributed by atoms with E-state index >= 15 is 0 Å². The number of benzene rings is 1. The fourth-order valence-corrected chi connectivity index (χ4v) is 7.70. The fraction of sp³-hybridized carbons (Fsp3) is 0.632. The first-order valence-electron chi connectivity index (χ1n) is 9.17. The molecule has 1 aromatic rings. The SMILES string of the molecule is CO[Si](OC)(OC)C1CC2CC1CC2CC(=O)OCc1ccc(F)c(F)c1. The van der Waals surface area contributed by atoms with Crippen LogP contribution in [0.25, 0.3) is 0 Å². The Morgan fingerprint density at radius 2 is 1.74 bits per heavy atom. The van der Waals surface area contributed by atoms with Gasteiger partial charge < -0.3 is 18.0 Å². The third-order valence-electron chi connectivity index (χ3n) is 6.12. The van der Waals surface area contributed by atoms with Gasteiger partial charge in [0.05, 0.1) is 0 Å². The normalized spacial score (nSPS) is 27.1. The molecule has 4 atom stereocenters. The molecule has 2 aliphatic carbocycles. The molecule has 4 unspecified atom stereocenters. The molecule has 0 saturated heterocycles. The Hall–Kier alpha value is -1.35. The zero-order valence-corrected chi connectivity index (χ0v) is 16.9. The van der Waals surface area contributed by atoms with Gasteiger partial charge in [0, 0.05) is 33.3 Å². The smallest absolute Gasteiger partial charge is 0.461 e. The van der Waals surface area contributed by atoms with Crippen LogP contribution in [0.5, 0.6) is 0 Å². The quantitative estimate of drug-likeness (QED) is 0.492. The molecule has 0 radical (unpaired) electrons. The third kappa shape index (κ3) is 4.08. The summed E-state index contributed by atoms with van der Waals surface area (Å²) in [6, 6.07) is 3.50. The summed E-state index contributed by atoms with van der Waals surface area (Å²) < 4.78 is 48.3. The largest absolute Gasteiger partial charge is 0.503 e. The van der Waals surface area contributed by atoms with E-state index in [-0.39, 0.29) is 24.0 Å². The Morgan fingerprint density at radius 3 is 2.30 bits per heavy atom. The van der Waals surface area contributed by atoms with E-state index in [1.807, 2.05) is 0 Å². The molecule has 0 aromatic heterocycles. The maximum Gasteiger partial charge on any atom is 0.503 e. The highest BCUT2D eigenvalue weighted by Gasteiger charge is 2.59. The minimum atomic E-state index is -2.66. The third-order valence-corrected chi connectivity index (χ3v) is 9.45. The van der Waals surface area contributed by atoms with Crippen LogP contribution >= 0.6 is 0 Å². The summed E-state index contributed by atoms with van der Waals surface area (Å²) in [5, 5.41) is 0. The van der Waals surface area contributed by atoms with Crippen LogP contribution in [-0.2, 0) is 29.4 Å². The van der Waals surface area contributed by atoms with Crippen LogP contribution in [0.3, 0.4) is 0 Å². The van der Waals surface area contributed by atoms with Crippen LogP contribution in [0.4, 0.5) is 8.78 Å². The number of rotatable bonds is 8. The van der Waals surface area contributed by atoms with E-state index in [9.17, 15) is 13.6 Å². The Labute approximate surface area is 159 Å². The number of carbonyl (C=O) groups excluding carboxylic acids is 1. The molecule has 2 fully saturated rings. The number of carbonyl (C=O) groups is 1. The second-order valence-corrected chi connectivity index (χ2v) is 10.6. The number of fused-ring (bicyclic) bond motifs is 2. The maximum atomic E-state index is 13.2. The number of hydrogen-bond acceptors (Lipinski definition) is 5. The van der Waals surface area contributed by atoms with Gasteiger partial charge in [0.2, 0.25) is 0 Å². The molecule has 3 rings (SSSR count). The van der Waals surface area contributed by atoms with E-state index in [1.54, 1.807) is 21.3 Å². The number of halogens is 2. The molecule has 27 heavy (non-hydrogen) atoms. The summed E-state index contributed by atoms with van der Waals surface area (Å²) in [6.07, 6.45) is 3.27. The first-order valence-corrected chi connectivity index (χ1v) is 11.0. The average molecular weight is 400 g/mol. The van der Waals surface area contributed by atoms with Crippen molar-refractivity contribution < 1.29 is 31.6 Å². The van der Waals surface area contributed by atoms with E-state index in [0.717, 1.165) is 31.4 Å². The summed E-state index contributed by atoms with van der Waals surface area (Å²) in [4.78, 5) is 12.2. The van der Waals surface area contributed by atoms with E-state index in [4.69, 9.17) is 18.0 Å². The number of esters is 1. The van der Waals surface area contributed by atoms with Crippen LogP contribution in [0.1, 0.15) is 31.2 Å². The zero-order valence-electron chi connectivity index (χ0n) is 15.9. The van der Waals surface area contributed by atoms with Crippen molar-refractivity contribution in [1.82, 2.24) is 0 Å². The number of ether oxygens (including phenoxy) is 1. The van der Waals surface area contributed by atoms with E-state index in [1.165, 1.54) is 6.07 Å². The lowest BCUT2D eigenvalue weighted by Crippen LogP contribution is -2.49. The molecule has 0 aliphatic heterocycles. The first kappa shape index (κ1) is 20.4. The lowest BCUT2D eigenvalue weighted by Gasteiger charge is -2.36. The predicted octanol–water partition coefficient (Wildman–Crippen LogP) is 3.69. The van der Waals surface area contributed by atoms with Crippen molar-refractivity contribution in [3.63, 3.8) is 0 Å². The van der Waals surface area contributed by atoms with Gasteiger partial charge in [-0.15, -0.1) is 0 Å². The lowest BCUT2D eigenvalue weighted by molar-refractivity contribution is -0.146. The molecule has 8 heteroatoms. The Kier molecular flexibility index (Phi) is 6.30. The van der Waals surface area contributed by atoms with Gasteiger partial charge in [0.25, 0.3) is 0 Å². The highest BCUT2D eigenvalue weighted by molar-refractivity contribution is 6.62. The minimum Gasteiger partial charge on any atom is -0.461 e. The van der Waals surface area contributed by atoms with Gasteiger partial charge in [-0.3, -0.25) is 4.79 Å². The van der Waals surface area contributed by atoms with Crippen molar-refractivity contribution >= 4 is 14.8 Å². The van der Waals surface area contributed by atoms with Gasteiger partial charge in [0.1, 0.15) is 6.61 Å². The second kappa shape index (κ2) is 8.34. The van der Waals surface area contributed by atoms with Crippen molar-refractivity contribution in [1.29, 1.82) is 0 Å². The molecular weight excluding hydrogens is 374 g/mol. The Balaban J connectivity index is 1.51. The highest BCUT2D eigenvalue weighted by atomic mass is 28.4. The van der Waals surface area contributed by atoms with Gasteiger partial charge in [-0.05, 0) is 54.7 Å². The van der Waals surface area contributed by atoms with Crippen LogP contribution in [0.15, 0.2) is 18.2 Å². The topological polar surface area (TPSA) is 54.0 Å². The zero-order chi connectivity index (χ0) is 19.6. The molecule has 5 nitrogen and oxygen atoms in total. The summed E-state index contributed by atoms with van der Waals surface area (Å²) in [6.45, 7) is -0.0491. The summed E-state index contributed by atoms with van der Waals surface area (Å²) in [5.74, 6) is -1.01. The maximum absolute atomic E-state index is 13.2. The number of hydrogen-bond donors (Lipinski definition) is 0. The molecule has 0 spiro atoms. The standard InChI is InChI=1S/C19H26F2O5Si/c1-23-27(24-2,25-3)18-9-13-7-15(18)8-14(13)10-19(22)26-11-12-4-5-16(20)17(21)6-12/h4-6,13-15,18H,7-11H2,1-3H3. The molecule has 0 amide bonds. The van der Waals surface area contributed by atoms with Crippen molar-refractivity contribution in [2.45, 2.75) is 37.8 Å². The van der Waals surface area contributed by atoms with Crippen molar-refractivity contribution in [2.24, 2.45) is 17.8 Å². The minimum absolute atomic E-state index is 0.0491. The molecule has 2 saturated carbocycles. The summed E-state index contributed by atoms with van der Waals surface area (Å²) in [7, 11) is 2.25. The van der Waals surface area contributed by atoms with Crippen molar-refractivity contribution in [3.05, 3.63) is 35.4 Å². The van der Waals surface area contributed by atoms with Gasteiger partial charge in [0.15, 0.2) is 11.6 Å². The monoisotopic (exact) mass is 400 g/mol. The average Bonchev–Trinajstić information content (AvgIpc) is 3.25. The Morgan fingerprint density at radius 1 is 1.04 bits per heavy atom. The van der Waals surface area contributed by atoms with E-state index < -0.39 is 20.4 Å². The van der Waals surface area contributed by atoms with Crippen LogP contribution in [0, 0.1) is 29.4 Å². The summed E-state index contributed by atoms with van der Waals surface area (Å²) >= 11 is 0.